The highest BCUT2D eigenvalue weighted by Gasteiger charge is 2.09. The van der Waals surface area contributed by atoms with E-state index in [1.165, 1.54) is 0 Å². The fourth-order valence-corrected chi connectivity index (χ4v) is 3.20. The van der Waals surface area contributed by atoms with E-state index >= 15 is 0 Å². The molecule has 0 radical (unpaired) electrons. The van der Waals surface area contributed by atoms with Crippen molar-refractivity contribution in [1.82, 2.24) is 24.7 Å². The van der Waals surface area contributed by atoms with Crippen LogP contribution in [-0.4, -0.2) is 30.6 Å². The van der Waals surface area contributed by atoms with Gasteiger partial charge >= 0.3 is 0 Å². The predicted molar refractivity (Wildman–Crippen MR) is 117 cm³/mol. The van der Waals surface area contributed by atoms with Crippen LogP contribution in [0.5, 0.6) is 5.75 Å². The zero-order valence-corrected chi connectivity index (χ0v) is 17.1. The van der Waals surface area contributed by atoms with Gasteiger partial charge in [0, 0.05) is 12.5 Å². The molecule has 3 aromatic heterocycles. The van der Waals surface area contributed by atoms with E-state index in [9.17, 15) is 4.79 Å². The number of nitrogens with zero attached hydrogens (tertiary/aromatic N) is 5. The molecule has 0 atom stereocenters. The Bertz CT molecular complexity index is 1370. The van der Waals surface area contributed by atoms with Gasteiger partial charge in [0.25, 0.3) is 5.91 Å². The molecular weight excluding hydrogens is 408 g/mol. The zero-order chi connectivity index (χ0) is 21.9. The molecule has 2 aromatic carbocycles. The maximum Gasteiger partial charge on any atom is 0.255 e. The molecule has 9 heteroatoms. The highest BCUT2D eigenvalue weighted by molar-refractivity contribution is 6.04. The normalized spacial score (nSPS) is 10.9. The molecule has 0 saturated carbocycles. The second-order valence-corrected chi connectivity index (χ2v) is 7.01. The van der Waals surface area contributed by atoms with Crippen LogP contribution >= 0.6 is 0 Å². The Balaban J connectivity index is 1.22. The van der Waals surface area contributed by atoms with Gasteiger partial charge in [0.1, 0.15) is 17.9 Å². The maximum absolute atomic E-state index is 12.6. The molecule has 0 unspecified atom stereocenters. The zero-order valence-electron chi connectivity index (χ0n) is 17.1. The van der Waals surface area contributed by atoms with E-state index in [1.807, 2.05) is 34.9 Å². The van der Waals surface area contributed by atoms with Gasteiger partial charge in [0.05, 0.1) is 22.9 Å². The number of hydrogen-bond donors (Lipinski definition) is 1. The number of imidazole rings is 1. The largest absolute Gasteiger partial charge is 0.485 e. The third-order valence-electron chi connectivity index (χ3n) is 4.76. The molecule has 0 aliphatic carbocycles. The van der Waals surface area contributed by atoms with E-state index in [4.69, 9.17) is 9.26 Å². The second kappa shape index (κ2) is 8.31. The summed E-state index contributed by atoms with van der Waals surface area (Å²) >= 11 is 0. The number of aryl methyl sites for hydroxylation is 1. The Morgan fingerprint density at radius 1 is 1.06 bits per heavy atom. The van der Waals surface area contributed by atoms with Gasteiger partial charge < -0.3 is 14.6 Å². The number of ether oxygens (including phenoxy) is 1. The molecule has 32 heavy (non-hydrogen) atoms. The van der Waals surface area contributed by atoms with Gasteiger partial charge in [0.2, 0.25) is 11.7 Å². The number of aromatic nitrogens is 5. The van der Waals surface area contributed by atoms with Crippen LogP contribution in [0, 0.1) is 6.92 Å². The van der Waals surface area contributed by atoms with Crippen molar-refractivity contribution in [2.45, 2.75) is 13.5 Å². The fraction of sp³-hybridized carbons (Fsp3) is 0.0870. The van der Waals surface area contributed by atoms with Crippen LogP contribution in [0.15, 0.2) is 77.7 Å². The number of benzene rings is 2. The van der Waals surface area contributed by atoms with E-state index in [-0.39, 0.29) is 12.5 Å². The molecule has 1 amide bonds. The van der Waals surface area contributed by atoms with Gasteiger partial charge in [-0.15, -0.1) is 0 Å². The van der Waals surface area contributed by atoms with Gasteiger partial charge in [-0.25, -0.2) is 9.97 Å². The van der Waals surface area contributed by atoms with E-state index in [0.717, 1.165) is 16.9 Å². The molecule has 0 spiro atoms. The second-order valence-electron chi connectivity index (χ2n) is 7.01. The van der Waals surface area contributed by atoms with Crippen molar-refractivity contribution in [2.24, 2.45) is 0 Å². The average Bonchev–Trinajstić information content (AvgIpc) is 3.44. The smallest absolute Gasteiger partial charge is 0.255 e. The minimum absolute atomic E-state index is 0.188. The standard InChI is InChI=1S/C23H18N6O3/c1-15-26-21(28-32-15)13-31-18-9-6-16(7-10-18)23(30)27-17-8-11-22(24-12-17)29-14-25-19-4-2-3-5-20(19)29/h2-12,14H,13H2,1H3,(H,27,30). The molecule has 1 N–H and O–H groups in total. The highest BCUT2D eigenvalue weighted by Crippen LogP contribution is 2.19. The van der Waals surface area contributed by atoms with Gasteiger partial charge in [-0.05, 0) is 48.5 Å². The summed E-state index contributed by atoms with van der Waals surface area (Å²) in [6, 6.07) is 18.3. The summed E-state index contributed by atoms with van der Waals surface area (Å²) in [7, 11) is 0. The highest BCUT2D eigenvalue weighted by atomic mass is 16.5. The number of amides is 1. The Labute approximate surface area is 182 Å². The monoisotopic (exact) mass is 426 g/mol. The third-order valence-corrected chi connectivity index (χ3v) is 4.76. The quantitative estimate of drug-likeness (QED) is 0.438. The molecule has 9 nitrogen and oxygen atoms in total. The van der Waals surface area contributed by atoms with Crippen molar-refractivity contribution >= 4 is 22.6 Å². The molecule has 5 aromatic rings. The molecule has 0 aliphatic heterocycles. The van der Waals surface area contributed by atoms with E-state index < -0.39 is 0 Å². The summed E-state index contributed by atoms with van der Waals surface area (Å²) in [6.07, 6.45) is 3.35. The fourth-order valence-electron chi connectivity index (χ4n) is 3.20. The van der Waals surface area contributed by atoms with Gasteiger partial charge in [0.15, 0.2) is 6.61 Å². The first-order chi connectivity index (χ1) is 15.7. The van der Waals surface area contributed by atoms with Crippen LogP contribution < -0.4 is 10.1 Å². The Morgan fingerprint density at radius 2 is 1.91 bits per heavy atom. The van der Waals surface area contributed by atoms with Crippen molar-refractivity contribution in [3.05, 3.63) is 90.5 Å². The summed E-state index contributed by atoms with van der Waals surface area (Å²) in [6.45, 7) is 1.90. The van der Waals surface area contributed by atoms with Crippen molar-refractivity contribution in [1.29, 1.82) is 0 Å². The van der Waals surface area contributed by atoms with Crippen LogP contribution in [-0.2, 0) is 6.61 Å². The molecule has 0 bridgehead atoms. The number of para-hydroxylation sites is 2. The van der Waals surface area contributed by atoms with E-state index in [2.05, 4.69) is 25.4 Å². The summed E-state index contributed by atoms with van der Waals surface area (Å²) in [4.78, 5) is 25.5. The SMILES string of the molecule is Cc1nc(COc2ccc(C(=O)Nc3ccc(-n4cnc5ccccc54)nc3)cc2)no1. The number of pyridine rings is 1. The van der Waals surface area contributed by atoms with E-state index in [1.54, 1.807) is 49.8 Å². The number of hydrogen-bond acceptors (Lipinski definition) is 7. The molecule has 0 aliphatic rings. The number of anilines is 1. The molecule has 158 valence electrons. The first kappa shape index (κ1) is 19.4. The molecule has 0 saturated heterocycles. The minimum Gasteiger partial charge on any atom is -0.485 e. The van der Waals surface area contributed by atoms with Crippen molar-refractivity contribution in [3.63, 3.8) is 0 Å². The lowest BCUT2D eigenvalue weighted by Crippen LogP contribution is -2.12. The number of carbonyl (C=O) groups is 1. The Morgan fingerprint density at radius 3 is 2.66 bits per heavy atom. The first-order valence-electron chi connectivity index (χ1n) is 9.88. The van der Waals surface area contributed by atoms with Crippen LogP contribution in [0.4, 0.5) is 5.69 Å². The lowest BCUT2D eigenvalue weighted by Gasteiger charge is -2.08. The van der Waals surface area contributed by atoms with Crippen molar-refractivity contribution in [2.75, 3.05) is 5.32 Å². The third kappa shape index (κ3) is 4.04. The Kier molecular flexibility index (Phi) is 5.04. The van der Waals surface area contributed by atoms with Gasteiger partial charge in [-0.3, -0.25) is 9.36 Å². The van der Waals surface area contributed by atoms with Crippen LogP contribution in [0.25, 0.3) is 16.9 Å². The van der Waals surface area contributed by atoms with E-state index in [0.29, 0.717) is 28.7 Å². The molecule has 3 heterocycles. The summed E-state index contributed by atoms with van der Waals surface area (Å²) in [5, 5.41) is 6.62. The summed E-state index contributed by atoms with van der Waals surface area (Å²) in [5.41, 5.74) is 2.95. The summed E-state index contributed by atoms with van der Waals surface area (Å²) in [5.74, 6) is 2.02. The summed E-state index contributed by atoms with van der Waals surface area (Å²) < 4.78 is 12.4. The molecule has 5 rings (SSSR count). The first-order valence-corrected chi connectivity index (χ1v) is 9.88. The lowest BCUT2D eigenvalue weighted by atomic mass is 10.2. The van der Waals surface area contributed by atoms with Crippen molar-refractivity contribution < 1.29 is 14.1 Å². The van der Waals surface area contributed by atoms with Gasteiger partial charge in [-0.1, -0.05) is 17.3 Å². The molecular formula is C23H18N6O3. The van der Waals surface area contributed by atoms with Crippen LogP contribution in [0.1, 0.15) is 22.1 Å². The predicted octanol–water partition coefficient (Wildman–Crippen LogP) is 3.94. The number of carbonyl (C=O) groups excluding carboxylic acids is 1. The lowest BCUT2D eigenvalue weighted by molar-refractivity contribution is 0.102. The topological polar surface area (TPSA) is 108 Å². The van der Waals surface area contributed by atoms with Crippen LogP contribution in [0.2, 0.25) is 0 Å². The average molecular weight is 426 g/mol. The number of nitrogens with one attached hydrogen (secondary N) is 1. The van der Waals surface area contributed by atoms with Gasteiger partial charge in [-0.2, -0.15) is 4.98 Å². The Hall–Kier alpha value is -4.53. The minimum atomic E-state index is -0.243. The maximum atomic E-state index is 12.6. The van der Waals surface area contributed by atoms with Crippen molar-refractivity contribution in [3.8, 4) is 11.6 Å². The number of fused-ring (bicyclic) bond motifs is 1. The number of rotatable bonds is 6. The van der Waals surface area contributed by atoms with Crippen LogP contribution in [0.3, 0.4) is 0 Å². The molecule has 0 fully saturated rings.